The minimum absolute atomic E-state index is 0.0619. The van der Waals surface area contributed by atoms with Gasteiger partial charge in [0.05, 0.1) is 17.6 Å². The summed E-state index contributed by atoms with van der Waals surface area (Å²) in [7, 11) is 1.61. The molecule has 1 rings (SSSR count). The van der Waals surface area contributed by atoms with E-state index in [0.717, 1.165) is 19.4 Å². The van der Waals surface area contributed by atoms with Crippen molar-refractivity contribution in [2.24, 2.45) is 0 Å². The van der Waals surface area contributed by atoms with Crippen LogP contribution in [0.1, 0.15) is 40.0 Å². The molecule has 0 aromatic heterocycles. The van der Waals surface area contributed by atoms with E-state index in [1.165, 1.54) is 0 Å². The van der Waals surface area contributed by atoms with E-state index in [1.807, 2.05) is 13.8 Å². The summed E-state index contributed by atoms with van der Waals surface area (Å²) < 4.78 is 5.24. The topological polar surface area (TPSA) is 49.8 Å². The van der Waals surface area contributed by atoms with Crippen LogP contribution in [0.25, 0.3) is 0 Å². The van der Waals surface area contributed by atoms with E-state index >= 15 is 0 Å². The molecule has 1 amide bonds. The molecular formula is C12H23NO3. The quantitative estimate of drug-likeness (QED) is 0.790. The summed E-state index contributed by atoms with van der Waals surface area (Å²) in [5.74, 6) is 0.0619. The van der Waals surface area contributed by atoms with E-state index in [1.54, 1.807) is 18.9 Å². The molecule has 0 aliphatic carbocycles. The molecule has 1 saturated heterocycles. The smallest absolute Gasteiger partial charge is 0.225 e. The summed E-state index contributed by atoms with van der Waals surface area (Å²) >= 11 is 0. The Bertz CT molecular complexity index is 261. The average molecular weight is 229 g/mol. The average Bonchev–Trinajstić information content (AvgIpc) is 2.15. The maximum absolute atomic E-state index is 12.0. The Morgan fingerprint density at radius 2 is 2.19 bits per heavy atom. The molecule has 0 spiro atoms. The van der Waals surface area contributed by atoms with Crippen LogP contribution < -0.4 is 0 Å². The van der Waals surface area contributed by atoms with Crippen molar-refractivity contribution >= 4 is 5.91 Å². The number of β-amino-alcohol motifs (C(OH)–C–C–N with tert-alkyl or cyclic N) is 1. The van der Waals surface area contributed by atoms with Crippen molar-refractivity contribution in [3.63, 3.8) is 0 Å². The number of piperidine rings is 1. The Morgan fingerprint density at radius 1 is 1.56 bits per heavy atom. The monoisotopic (exact) mass is 229 g/mol. The normalized spacial score (nSPS) is 26.9. The van der Waals surface area contributed by atoms with Crippen molar-refractivity contribution in [3.05, 3.63) is 0 Å². The maximum Gasteiger partial charge on any atom is 0.225 e. The van der Waals surface area contributed by atoms with Gasteiger partial charge in [-0.25, -0.2) is 0 Å². The van der Waals surface area contributed by atoms with Gasteiger partial charge in [0.25, 0.3) is 0 Å². The fraction of sp³-hybridized carbons (Fsp3) is 0.917. The molecule has 1 atom stereocenters. The third-order valence-corrected chi connectivity index (χ3v) is 3.16. The number of hydrogen-bond donors (Lipinski definition) is 1. The van der Waals surface area contributed by atoms with Crippen molar-refractivity contribution in [1.82, 2.24) is 4.90 Å². The van der Waals surface area contributed by atoms with Gasteiger partial charge in [-0.05, 0) is 33.6 Å². The number of carbonyl (C=O) groups excluding carboxylic acids is 1. The van der Waals surface area contributed by atoms with Crippen molar-refractivity contribution in [2.75, 3.05) is 20.2 Å². The van der Waals surface area contributed by atoms with Crippen LogP contribution in [0, 0.1) is 0 Å². The van der Waals surface area contributed by atoms with E-state index in [2.05, 4.69) is 0 Å². The third kappa shape index (κ3) is 3.76. The molecule has 0 saturated carbocycles. The van der Waals surface area contributed by atoms with Crippen molar-refractivity contribution in [3.8, 4) is 0 Å². The summed E-state index contributed by atoms with van der Waals surface area (Å²) in [6.45, 7) is 6.76. The standard InChI is InChI=1S/C12H23NO3/c1-11(2,16-4)8-10(14)13-7-5-6-12(3,15)9-13/h15H,5-9H2,1-4H3. The van der Waals surface area contributed by atoms with Crippen LogP contribution >= 0.6 is 0 Å². The van der Waals surface area contributed by atoms with E-state index in [-0.39, 0.29) is 5.91 Å². The van der Waals surface area contributed by atoms with E-state index < -0.39 is 11.2 Å². The van der Waals surface area contributed by atoms with Crippen LogP contribution in [-0.4, -0.2) is 47.3 Å². The van der Waals surface area contributed by atoms with Crippen LogP contribution in [-0.2, 0) is 9.53 Å². The Kier molecular flexibility index (Phi) is 3.97. The van der Waals surface area contributed by atoms with Gasteiger partial charge in [-0.15, -0.1) is 0 Å². The molecule has 94 valence electrons. The van der Waals surface area contributed by atoms with Gasteiger partial charge >= 0.3 is 0 Å². The SMILES string of the molecule is COC(C)(C)CC(=O)N1CCCC(C)(O)C1. The van der Waals surface area contributed by atoms with Crippen molar-refractivity contribution < 1.29 is 14.6 Å². The molecule has 0 aromatic carbocycles. The molecule has 0 aromatic rings. The van der Waals surface area contributed by atoms with E-state index in [0.29, 0.717) is 13.0 Å². The van der Waals surface area contributed by atoms with Crippen LogP contribution in [0.5, 0.6) is 0 Å². The molecule has 1 aliphatic rings. The van der Waals surface area contributed by atoms with Gasteiger partial charge < -0.3 is 14.7 Å². The van der Waals surface area contributed by atoms with Gasteiger partial charge in [0.1, 0.15) is 0 Å². The Morgan fingerprint density at radius 3 is 2.69 bits per heavy atom. The largest absolute Gasteiger partial charge is 0.388 e. The zero-order valence-corrected chi connectivity index (χ0v) is 10.7. The second-order valence-corrected chi connectivity index (χ2v) is 5.56. The predicted octanol–water partition coefficient (Wildman–Crippen LogP) is 1.17. The number of nitrogens with zero attached hydrogens (tertiary/aromatic N) is 1. The molecule has 1 unspecified atom stereocenters. The zero-order valence-electron chi connectivity index (χ0n) is 10.7. The number of aliphatic hydroxyl groups is 1. The summed E-state index contributed by atoms with van der Waals surface area (Å²) in [6, 6.07) is 0. The lowest BCUT2D eigenvalue weighted by molar-refractivity contribution is -0.142. The lowest BCUT2D eigenvalue weighted by Gasteiger charge is -2.38. The number of likely N-dealkylation sites (tertiary alicyclic amines) is 1. The second kappa shape index (κ2) is 4.72. The molecule has 1 N–H and O–H groups in total. The molecule has 1 heterocycles. The summed E-state index contributed by atoms with van der Waals surface area (Å²) in [6.07, 6.45) is 2.00. The fourth-order valence-electron chi connectivity index (χ4n) is 1.98. The molecule has 4 nitrogen and oxygen atoms in total. The third-order valence-electron chi connectivity index (χ3n) is 3.16. The first-order chi connectivity index (χ1) is 7.26. The molecule has 16 heavy (non-hydrogen) atoms. The van der Waals surface area contributed by atoms with Gasteiger partial charge in [0.15, 0.2) is 0 Å². The minimum Gasteiger partial charge on any atom is -0.388 e. The number of amides is 1. The second-order valence-electron chi connectivity index (χ2n) is 5.56. The first-order valence-electron chi connectivity index (χ1n) is 5.81. The van der Waals surface area contributed by atoms with Gasteiger partial charge in [-0.1, -0.05) is 0 Å². The first-order valence-corrected chi connectivity index (χ1v) is 5.81. The Hall–Kier alpha value is -0.610. The van der Waals surface area contributed by atoms with Gasteiger partial charge in [0, 0.05) is 20.2 Å². The van der Waals surface area contributed by atoms with Gasteiger partial charge in [-0.3, -0.25) is 4.79 Å². The highest BCUT2D eigenvalue weighted by atomic mass is 16.5. The molecule has 1 fully saturated rings. The molecular weight excluding hydrogens is 206 g/mol. The molecule has 0 bridgehead atoms. The summed E-state index contributed by atoms with van der Waals surface area (Å²) in [4.78, 5) is 13.7. The minimum atomic E-state index is -0.731. The van der Waals surface area contributed by atoms with Gasteiger partial charge in [-0.2, -0.15) is 0 Å². The molecule has 4 heteroatoms. The van der Waals surface area contributed by atoms with E-state index in [9.17, 15) is 9.90 Å². The highest BCUT2D eigenvalue weighted by molar-refractivity contribution is 5.77. The van der Waals surface area contributed by atoms with Gasteiger partial charge in [0.2, 0.25) is 5.91 Å². The summed E-state index contributed by atoms with van der Waals surface area (Å²) in [5, 5.41) is 9.92. The van der Waals surface area contributed by atoms with Crippen LogP contribution in [0.2, 0.25) is 0 Å². The lowest BCUT2D eigenvalue weighted by Crippen LogP contribution is -2.49. The Labute approximate surface area is 97.6 Å². The number of carbonyl (C=O) groups is 1. The van der Waals surface area contributed by atoms with Crippen molar-refractivity contribution in [1.29, 1.82) is 0 Å². The first kappa shape index (κ1) is 13.5. The van der Waals surface area contributed by atoms with Crippen LogP contribution in [0.3, 0.4) is 0 Å². The number of ether oxygens (including phenoxy) is 1. The lowest BCUT2D eigenvalue weighted by atomic mass is 9.94. The maximum atomic E-state index is 12.0. The number of hydrogen-bond acceptors (Lipinski definition) is 3. The number of rotatable bonds is 3. The zero-order chi connectivity index (χ0) is 12.4. The van der Waals surface area contributed by atoms with Crippen LogP contribution in [0.4, 0.5) is 0 Å². The van der Waals surface area contributed by atoms with Crippen LogP contribution in [0.15, 0.2) is 0 Å². The van der Waals surface area contributed by atoms with E-state index in [4.69, 9.17) is 4.74 Å². The number of methoxy groups -OCH3 is 1. The van der Waals surface area contributed by atoms with Crippen molar-refractivity contribution in [2.45, 2.75) is 51.2 Å². The molecule has 1 aliphatic heterocycles. The fourth-order valence-corrected chi connectivity index (χ4v) is 1.98. The highest BCUT2D eigenvalue weighted by Gasteiger charge is 2.33. The predicted molar refractivity (Wildman–Crippen MR) is 62.1 cm³/mol. The molecule has 0 radical (unpaired) electrons. The highest BCUT2D eigenvalue weighted by Crippen LogP contribution is 2.23. The summed E-state index contributed by atoms with van der Waals surface area (Å²) in [5.41, 5.74) is -1.16. The Balaban J connectivity index is 2.54.